The number of para-hydroxylation sites is 1. The predicted molar refractivity (Wildman–Crippen MR) is 197 cm³/mol. The molecule has 5 nitrogen and oxygen atoms in total. The predicted octanol–water partition coefficient (Wildman–Crippen LogP) is 11.7. The van der Waals surface area contributed by atoms with Crippen LogP contribution in [0, 0.1) is 0 Å². The molecule has 3 aromatic heterocycles. The second kappa shape index (κ2) is 9.79. The van der Waals surface area contributed by atoms with Crippen molar-refractivity contribution in [2.75, 3.05) is 7.05 Å². The molecule has 6 heteroatoms. The maximum Gasteiger partial charge on any atom is 0.221 e. The van der Waals surface area contributed by atoms with Gasteiger partial charge in [-0.15, -0.1) is 0 Å². The van der Waals surface area contributed by atoms with E-state index in [0.717, 1.165) is 87.0 Å². The highest BCUT2D eigenvalue weighted by molar-refractivity contribution is 6.84. The van der Waals surface area contributed by atoms with Gasteiger partial charge in [0, 0.05) is 40.0 Å². The number of nitrogens with zero attached hydrogens (tertiary/aromatic N) is 3. The monoisotopic (exact) mass is 625 g/mol. The Labute approximate surface area is 272 Å². The summed E-state index contributed by atoms with van der Waals surface area (Å²) in [5.74, 6) is 0.902. The first-order chi connectivity index (χ1) is 23.2. The standard InChI is InChI=1S/C41H24ClN3O2/c1-43-41(40(42)44-33-22-25-12-4-9-17-31(25)46-33)45-30-20-18-23-10-2-5-13-26(23)34(30)36-28-15-7-8-16-29(28)37-35-27-14-6-3-11-24(27)19-21-32(35)47-39(37)38(36)45/h2-22H,1H3/b43-41?,44-40+. The summed E-state index contributed by atoms with van der Waals surface area (Å²) in [6.07, 6.45) is 0. The molecule has 0 aliphatic rings. The molecule has 0 unspecified atom stereocenters. The molecule has 7 aromatic carbocycles. The maximum atomic E-state index is 7.15. The van der Waals surface area contributed by atoms with Crippen molar-refractivity contribution in [3.05, 3.63) is 127 Å². The summed E-state index contributed by atoms with van der Waals surface area (Å²) < 4.78 is 15.1. The molecule has 47 heavy (non-hydrogen) atoms. The molecule has 222 valence electrons. The van der Waals surface area contributed by atoms with Crippen molar-refractivity contribution in [2.24, 2.45) is 9.98 Å². The van der Waals surface area contributed by atoms with E-state index in [4.69, 9.17) is 30.4 Å². The van der Waals surface area contributed by atoms with E-state index in [1.807, 2.05) is 30.3 Å². The molecule has 0 bridgehead atoms. The van der Waals surface area contributed by atoms with Crippen LogP contribution in [0.2, 0.25) is 0 Å². The number of fused-ring (bicyclic) bond motifs is 15. The molecule has 0 saturated carbocycles. The van der Waals surface area contributed by atoms with Crippen LogP contribution >= 0.6 is 11.6 Å². The molecule has 0 saturated heterocycles. The molecule has 3 heterocycles. The molecule has 0 N–H and O–H groups in total. The van der Waals surface area contributed by atoms with E-state index in [1.54, 1.807) is 7.05 Å². The van der Waals surface area contributed by atoms with Gasteiger partial charge in [0.05, 0.1) is 11.0 Å². The molecule has 10 aromatic rings. The summed E-state index contributed by atoms with van der Waals surface area (Å²) in [6.45, 7) is 0. The highest BCUT2D eigenvalue weighted by Gasteiger charge is 2.27. The molecule has 0 fully saturated rings. The van der Waals surface area contributed by atoms with Crippen molar-refractivity contribution >= 4 is 116 Å². The number of rotatable bonds is 2. The summed E-state index contributed by atoms with van der Waals surface area (Å²) in [6, 6.07) is 43.8. The van der Waals surface area contributed by atoms with Crippen molar-refractivity contribution in [2.45, 2.75) is 0 Å². The van der Waals surface area contributed by atoms with E-state index in [0.29, 0.717) is 11.7 Å². The fourth-order valence-corrected chi connectivity index (χ4v) is 7.68. The summed E-state index contributed by atoms with van der Waals surface area (Å²) in [4.78, 5) is 9.54. The molecule has 0 amide bonds. The first-order valence-electron chi connectivity index (χ1n) is 15.5. The summed E-state index contributed by atoms with van der Waals surface area (Å²) in [7, 11) is 1.75. The van der Waals surface area contributed by atoms with E-state index >= 15 is 0 Å². The molecule has 0 aliphatic heterocycles. The molecular weight excluding hydrogens is 602 g/mol. The van der Waals surface area contributed by atoms with Gasteiger partial charge in [-0.3, -0.25) is 9.56 Å². The Morgan fingerprint density at radius 2 is 1.19 bits per heavy atom. The van der Waals surface area contributed by atoms with Gasteiger partial charge in [-0.2, -0.15) is 4.99 Å². The third-order valence-electron chi connectivity index (χ3n) is 9.35. The van der Waals surface area contributed by atoms with Gasteiger partial charge in [0.15, 0.2) is 16.6 Å². The van der Waals surface area contributed by atoms with Crippen LogP contribution in [-0.4, -0.2) is 22.6 Å². The van der Waals surface area contributed by atoms with E-state index in [2.05, 4.69) is 102 Å². The van der Waals surface area contributed by atoms with Crippen LogP contribution < -0.4 is 0 Å². The minimum Gasteiger partial charge on any atom is -0.454 e. The van der Waals surface area contributed by atoms with Gasteiger partial charge in [-0.1, -0.05) is 115 Å². The highest BCUT2D eigenvalue weighted by Crippen LogP contribution is 2.47. The van der Waals surface area contributed by atoms with E-state index < -0.39 is 0 Å². The lowest BCUT2D eigenvalue weighted by molar-refractivity contribution is 0.626. The number of furan rings is 2. The van der Waals surface area contributed by atoms with E-state index in [9.17, 15) is 0 Å². The Kier molecular flexibility index (Phi) is 5.48. The van der Waals surface area contributed by atoms with Gasteiger partial charge in [0.1, 0.15) is 11.2 Å². The SMILES string of the molecule is CN=C(/C(Cl)=N\c1cc2ccccc2o1)n1c2ccc3ccccc3c2c2c3ccccc3c3c(oc4ccc5ccccc5c43)c21. The van der Waals surface area contributed by atoms with Gasteiger partial charge in [0.25, 0.3) is 0 Å². The van der Waals surface area contributed by atoms with Crippen molar-refractivity contribution in [1.29, 1.82) is 0 Å². The molecule has 0 atom stereocenters. The Morgan fingerprint density at radius 1 is 0.574 bits per heavy atom. The van der Waals surface area contributed by atoms with Crippen LogP contribution in [0.1, 0.15) is 0 Å². The topological polar surface area (TPSA) is 55.9 Å². The molecule has 10 rings (SSSR count). The number of benzene rings is 7. The normalized spacial score (nSPS) is 13.1. The summed E-state index contributed by atoms with van der Waals surface area (Å²) in [5, 5.41) is 12.4. The highest BCUT2D eigenvalue weighted by atomic mass is 35.5. The Bertz CT molecular complexity index is 2960. The second-order valence-corrected chi connectivity index (χ2v) is 12.2. The lowest BCUT2D eigenvalue weighted by atomic mass is 9.95. The minimum absolute atomic E-state index is 0.210. The smallest absolute Gasteiger partial charge is 0.221 e. The minimum atomic E-state index is 0.210. The van der Waals surface area contributed by atoms with Crippen LogP contribution in [0.3, 0.4) is 0 Å². The summed E-state index contributed by atoms with van der Waals surface area (Å²) in [5.41, 5.74) is 4.20. The zero-order valence-electron chi connectivity index (χ0n) is 25.2. The number of hydrogen-bond donors (Lipinski definition) is 0. The fraction of sp³-hybridized carbons (Fsp3) is 0.0244. The molecule has 0 radical (unpaired) electrons. The van der Waals surface area contributed by atoms with Gasteiger partial charge in [-0.05, 0) is 50.5 Å². The third-order valence-corrected chi connectivity index (χ3v) is 9.60. The maximum absolute atomic E-state index is 7.15. The van der Waals surface area contributed by atoms with Crippen molar-refractivity contribution < 1.29 is 8.83 Å². The van der Waals surface area contributed by atoms with Crippen LogP contribution in [0.4, 0.5) is 5.88 Å². The third kappa shape index (κ3) is 3.66. The largest absolute Gasteiger partial charge is 0.454 e. The number of aliphatic imine (C=N–C) groups is 2. The Balaban J connectivity index is 1.42. The Morgan fingerprint density at radius 3 is 1.91 bits per heavy atom. The van der Waals surface area contributed by atoms with Crippen LogP contribution in [0.5, 0.6) is 0 Å². The average Bonchev–Trinajstić information content (AvgIpc) is 3.81. The quantitative estimate of drug-likeness (QED) is 0.142. The van der Waals surface area contributed by atoms with E-state index in [-0.39, 0.29) is 5.17 Å². The van der Waals surface area contributed by atoms with Crippen molar-refractivity contribution in [1.82, 2.24) is 4.57 Å². The lowest BCUT2D eigenvalue weighted by Crippen LogP contribution is -2.18. The molecular formula is C41H24ClN3O2. The summed E-state index contributed by atoms with van der Waals surface area (Å²) >= 11 is 7.15. The molecule has 0 spiro atoms. The van der Waals surface area contributed by atoms with Crippen LogP contribution in [0.15, 0.2) is 146 Å². The van der Waals surface area contributed by atoms with Gasteiger partial charge >= 0.3 is 0 Å². The average molecular weight is 626 g/mol. The number of halogens is 1. The van der Waals surface area contributed by atoms with Gasteiger partial charge < -0.3 is 8.83 Å². The number of aromatic nitrogens is 1. The van der Waals surface area contributed by atoms with Crippen molar-refractivity contribution in [3.8, 4) is 0 Å². The van der Waals surface area contributed by atoms with E-state index in [1.165, 1.54) is 0 Å². The first-order valence-corrected chi connectivity index (χ1v) is 15.9. The van der Waals surface area contributed by atoms with Gasteiger partial charge in [-0.25, -0.2) is 0 Å². The second-order valence-electron chi connectivity index (χ2n) is 11.8. The van der Waals surface area contributed by atoms with Crippen LogP contribution in [0.25, 0.3) is 87.0 Å². The first kappa shape index (κ1) is 26.3. The zero-order chi connectivity index (χ0) is 31.2. The van der Waals surface area contributed by atoms with Crippen molar-refractivity contribution in [3.63, 3.8) is 0 Å². The number of hydrogen-bond acceptors (Lipinski definition) is 4. The lowest BCUT2D eigenvalue weighted by Gasteiger charge is -2.10. The van der Waals surface area contributed by atoms with Gasteiger partial charge in [0.2, 0.25) is 5.88 Å². The fourth-order valence-electron chi connectivity index (χ4n) is 7.42. The Hall–Kier alpha value is -5.91. The zero-order valence-corrected chi connectivity index (χ0v) is 25.9. The van der Waals surface area contributed by atoms with Crippen LogP contribution in [-0.2, 0) is 0 Å². The molecule has 0 aliphatic carbocycles.